The first kappa shape index (κ1) is 14.1. The van der Waals surface area contributed by atoms with Gasteiger partial charge in [0.25, 0.3) is 0 Å². The van der Waals surface area contributed by atoms with Crippen LogP contribution in [0.25, 0.3) is 0 Å². The van der Waals surface area contributed by atoms with E-state index in [2.05, 4.69) is 0 Å². The largest absolute Gasteiger partial charge is 0.471 e. The molecular weight excluding hydrogens is 248 g/mol. The minimum atomic E-state index is -0.459. The molecule has 2 rings (SSSR count). The van der Waals surface area contributed by atoms with E-state index in [1.165, 1.54) is 13.4 Å². The molecule has 5 heteroatoms. The van der Waals surface area contributed by atoms with E-state index < -0.39 is 6.29 Å². The zero-order valence-electron chi connectivity index (χ0n) is 11.5. The Labute approximate surface area is 112 Å². The van der Waals surface area contributed by atoms with Crippen LogP contribution in [0.3, 0.4) is 0 Å². The van der Waals surface area contributed by atoms with Crippen molar-refractivity contribution >= 4 is 5.97 Å². The van der Waals surface area contributed by atoms with Crippen LogP contribution in [0.4, 0.5) is 0 Å². The highest BCUT2D eigenvalue weighted by Gasteiger charge is 2.44. The molecule has 0 unspecified atom stereocenters. The predicted molar refractivity (Wildman–Crippen MR) is 68.0 cm³/mol. The van der Waals surface area contributed by atoms with Crippen molar-refractivity contribution in [1.29, 1.82) is 0 Å². The van der Waals surface area contributed by atoms with Gasteiger partial charge in [-0.1, -0.05) is 6.08 Å². The number of esters is 1. The number of methoxy groups -OCH3 is 1. The average Bonchev–Trinajstić information content (AvgIpc) is 2.82. The van der Waals surface area contributed by atoms with Crippen LogP contribution >= 0.6 is 0 Å². The van der Waals surface area contributed by atoms with Crippen LogP contribution in [-0.4, -0.2) is 37.2 Å². The molecular formula is C14H20O5. The van der Waals surface area contributed by atoms with Gasteiger partial charge in [-0.2, -0.15) is 0 Å². The second kappa shape index (κ2) is 5.75. The van der Waals surface area contributed by atoms with Crippen LogP contribution in [-0.2, 0) is 19.0 Å². The quantitative estimate of drug-likeness (QED) is 0.616. The summed E-state index contributed by atoms with van der Waals surface area (Å²) in [4.78, 5) is 11.7. The van der Waals surface area contributed by atoms with Crippen LogP contribution < -0.4 is 0 Å². The van der Waals surface area contributed by atoms with Gasteiger partial charge in [-0.25, -0.2) is 4.79 Å². The van der Waals surface area contributed by atoms with Gasteiger partial charge in [0.15, 0.2) is 0 Å². The number of carbonyl (C=O) groups is 1. The fourth-order valence-corrected chi connectivity index (χ4v) is 2.69. The fourth-order valence-electron chi connectivity index (χ4n) is 2.69. The Bertz CT molecular complexity index is 410. The van der Waals surface area contributed by atoms with Gasteiger partial charge in [-0.15, -0.1) is 0 Å². The predicted octanol–water partition coefficient (Wildman–Crippen LogP) is 1.38. The molecule has 1 aliphatic heterocycles. The van der Waals surface area contributed by atoms with E-state index in [1.807, 2.05) is 19.9 Å². The summed E-state index contributed by atoms with van der Waals surface area (Å²) >= 11 is 0. The monoisotopic (exact) mass is 268 g/mol. The summed E-state index contributed by atoms with van der Waals surface area (Å²) in [7, 11) is 1.35. The normalized spacial score (nSPS) is 29.4. The number of fused-ring (bicyclic) bond motifs is 1. The molecule has 106 valence electrons. The molecule has 0 amide bonds. The summed E-state index contributed by atoms with van der Waals surface area (Å²) < 4.78 is 16.0. The van der Waals surface area contributed by atoms with Crippen molar-refractivity contribution in [2.45, 2.75) is 32.7 Å². The van der Waals surface area contributed by atoms with Gasteiger partial charge in [0.1, 0.15) is 0 Å². The lowest BCUT2D eigenvalue weighted by atomic mass is 9.83. The van der Waals surface area contributed by atoms with Crippen LogP contribution in [0.15, 0.2) is 23.5 Å². The van der Waals surface area contributed by atoms with Gasteiger partial charge in [0.05, 0.1) is 37.6 Å². The van der Waals surface area contributed by atoms with Crippen LogP contribution in [0.5, 0.6) is 0 Å². The van der Waals surface area contributed by atoms with E-state index in [0.717, 1.165) is 5.57 Å². The SMILES string of the molecule is COC(=O)C1=CO[C@H](OC(C)C)[C@@H]2C(CO)=CC[C@H]12. The molecule has 1 aliphatic carbocycles. The van der Waals surface area contributed by atoms with Crippen molar-refractivity contribution in [3.8, 4) is 0 Å². The second-order valence-electron chi connectivity index (χ2n) is 5.06. The van der Waals surface area contributed by atoms with E-state index in [1.54, 1.807) is 0 Å². The number of carbonyl (C=O) groups excluding carboxylic acids is 1. The standard InChI is InChI=1S/C14H20O5/c1-8(2)19-14-12-9(6-15)4-5-10(12)11(7-18-14)13(16)17-3/h4,7-8,10,12,14-15H,5-6H2,1-3H3/t10-,12-,14-/m1/s1. The maximum Gasteiger partial charge on any atom is 0.337 e. The Kier molecular flexibility index (Phi) is 4.27. The van der Waals surface area contributed by atoms with E-state index >= 15 is 0 Å². The van der Waals surface area contributed by atoms with E-state index in [9.17, 15) is 9.90 Å². The lowest BCUT2D eigenvalue weighted by Crippen LogP contribution is -2.38. The molecule has 1 heterocycles. The first-order valence-corrected chi connectivity index (χ1v) is 6.47. The Hall–Kier alpha value is -1.33. The van der Waals surface area contributed by atoms with E-state index in [4.69, 9.17) is 14.2 Å². The summed E-state index contributed by atoms with van der Waals surface area (Å²) in [6.45, 7) is 3.81. The van der Waals surface area contributed by atoms with E-state index in [-0.39, 0.29) is 30.5 Å². The molecule has 3 atom stereocenters. The topological polar surface area (TPSA) is 65.0 Å². The maximum absolute atomic E-state index is 11.7. The molecule has 0 aromatic heterocycles. The van der Waals surface area contributed by atoms with Crippen molar-refractivity contribution in [2.75, 3.05) is 13.7 Å². The molecule has 0 bridgehead atoms. The molecule has 0 radical (unpaired) electrons. The molecule has 19 heavy (non-hydrogen) atoms. The zero-order chi connectivity index (χ0) is 14.0. The summed E-state index contributed by atoms with van der Waals surface area (Å²) in [5.74, 6) is -0.538. The number of rotatable bonds is 4. The van der Waals surface area contributed by atoms with Crippen molar-refractivity contribution in [2.24, 2.45) is 11.8 Å². The Morgan fingerprint density at radius 3 is 2.89 bits per heavy atom. The number of hydrogen-bond acceptors (Lipinski definition) is 5. The molecule has 1 N–H and O–H groups in total. The third-order valence-corrected chi connectivity index (χ3v) is 3.53. The van der Waals surface area contributed by atoms with Crippen molar-refractivity contribution in [3.63, 3.8) is 0 Å². The summed E-state index contributed by atoms with van der Waals surface area (Å²) in [6.07, 6.45) is 3.65. The molecule has 5 nitrogen and oxygen atoms in total. The van der Waals surface area contributed by atoms with Gasteiger partial charge < -0.3 is 19.3 Å². The minimum absolute atomic E-state index is 0.0132. The second-order valence-corrected chi connectivity index (χ2v) is 5.06. The fraction of sp³-hybridized carbons (Fsp3) is 0.643. The zero-order valence-corrected chi connectivity index (χ0v) is 11.5. The Morgan fingerprint density at radius 1 is 1.58 bits per heavy atom. The molecule has 2 aliphatic rings. The van der Waals surface area contributed by atoms with Crippen LogP contribution in [0, 0.1) is 11.8 Å². The lowest BCUT2D eigenvalue weighted by Gasteiger charge is -2.35. The molecule has 0 saturated heterocycles. The number of hydrogen-bond donors (Lipinski definition) is 1. The molecule has 0 aromatic rings. The van der Waals surface area contributed by atoms with Gasteiger partial charge in [-0.05, 0) is 25.8 Å². The summed E-state index contributed by atoms with van der Waals surface area (Å²) in [5.41, 5.74) is 1.38. The molecule has 0 aromatic carbocycles. The summed E-state index contributed by atoms with van der Waals surface area (Å²) in [5, 5.41) is 9.42. The third kappa shape index (κ3) is 2.67. The first-order chi connectivity index (χ1) is 9.08. The Balaban J connectivity index is 2.25. The summed E-state index contributed by atoms with van der Waals surface area (Å²) in [6, 6.07) is 0. The van der Waals surface area contributed by atoms with E-state index in [0.29, 0.717) is 12.0 Å². The van der Waals surface area contributed by atoms with Gasteiger partial charge in [0, 0.05) is 5.92 Å². The highest BCUT2D eigenvalue weighted by atomic mass is 16.7. The van der Waals surface area contributed by atoms with Crippen LogP contribution in [0.2, 0.25) is 0 Å². The highest BCUT2D eigenvalue weighted by molar-refractivity contribution is 5.89. The number of ether oxygens (including phenoxy) is 3. The van der Waals surface area contributed by atoms with Gasteiger partial charge >= 0.3 is 5.97 Å². The first-order valence-electron chi connectivity index (χ1n) is 6.47. The Morgan fingerprint density at radius 2 is 2.32 bits per heavy atom. The molecule has 0 saturated carbocycles. The average molecular weight is 268 g/mol. The number of allylic oxidation sites excluding steroid dienone is 1. The molecule has 0 spiro atoms. The van der Waals surface area contributed by atoms with Gasteiger partial charge in [-0.3, -0.25) is 0 Å². The smallest absolute Gasteiger partial charge is 0.337 e. The van der Waals surface area contributed by atoms with Crippen molar-refractivity contribution < 1.29 is 24.1 Å². The maximum atomic E-state index is 11.7. The lowest BCUT2D eigenvalue weighted by molar-refractivity contribution is -0.172. The minimum Gasteiger partial charge on any atom is -0.471 e. The molecule has 0 fully saturated rings. The third-order valence-electron chi connectivity index (χ3n) is 3.53. The number of aliphatic hydroxyl groups excluding tert-OH is 1. The van der Waals surface area contributed by atoms with Crippen molar-refractivity contribution in [3.05, 3.63) is 23.5 Å². The van der Waals surface area contributed by atoms with Crippen molar-refractivity contribution in [1.82, 2.24) is 0 Å². The number of aliphatic hydroxyl groups is 1. The highest BCUT2D eigenvalue weighted by Crippen LogP contribution is 2.43. The van der Waals surface area contributed by atoms with Crippen LogP contribution in [0.1, 0.15) is 20.3 Å². The van der Waals surface area contributed by atoms with Gasteiger partial charge in [0.2, 0.25) is 6.29 Å².